The molecular weight excluding hydrogens is 575 g/mol. The average molecular weight is 620 g/mol. The molecule has 5 rings (SSSR count). The number of nitrogens with one attached hydrogen (secondary N) is 2. The summed E-state index contributed by atoms with van der Waals surface area (Å²) >= 11 is 12.3. The van der Waals surface area contributed by atoms with E-state index in [1.54, 1.807) is 23.1 Å². The third-order valence-corrected chi connectivity index (χ3v) is 10.3. The van der Waals surface area contributed by atoms with E-state index in [0.29, 0.717) is 40.7 Å². The number of likely N-dealkylation sites (tertiary alicyclic amines) is 1. The molecule has 1 saturated carbocycles. The molecule has 4 aliphatic rings. The van der Waals surface area contributed by atoms with Crippen LogP contribution in [0.2, 0.25) is 10.0 Å². The van der Waals surface area contributed by atoms with Crippen LogP contribution < -0.4 is 10.6 Å². The van der Waals surface area contributed by atoms with E-state index in [2.05, 4.69) is 43.2 Å². The molecule has 1 aliphatic carbocycles. The fourth-order valence-electron chi connectivity index (χ4n) is 7.62. The zero-order chi connectivity index (χ0) is 30.2. The van der Waals surface area contributed by atoms with Crippen LogP contribution in [0.15, 0.2) is 30.4 Å². The molecule has 3 amide bonds. The number of ether oxygens (including phenoxy) is 1. The Balaban J connectivity index is 1.43. The van der Waals surface area contributed by atoms with Gasteiger partial charge < -0.3 is 25.2 Å². The first-order valence-corrected chi connectivity index (χ1v) is 16.3. The molecule has 42 heavy (non-hydrogen) atoms. The molecule has 1 aromatic rings. The Morgan fingerprint density at radius 2 is 1.74 bits per heavy atom. The van der Waals surface area contributed by atoms with E-state index < -0.39 is 29.6 Å². The van der Waals surface area contributed by atoms with Gasteiger partial charge in [-0.25, -0.2) is 0 Å². The molecule has 8 unspecified atom stereocenters. The van der Waals surface area contributed by atoms with Gasteiger partial charge >= 0.3 is 0 Å². The number of hydrogen-bond donors (Lipinski definition) is 2. The highest BCUT2D eigenvalue weighted by Gasteiger charge is 2.72. The second kappa shape index (κ2) is 12.8. The monoisotopic (exact) mass is 618 g/mol. The molecular formula is C32H44Cl2N4O4. The van der Waals surface area contributed by atoms with Gasteiger partial charge in [0.15, 0.2) is 0 Å². The first kappa shape index (κ1) is 31.3. The second-order valence-electron chi connectivity index (χ2n) is 12.6. The van der Waals surface area contributed by atoms with Crippen LogP contribution in [0.5, 0.6) is 0 Å². The highest BCUT2D eigenvalue weighted by molar-refractivity contribution is 6.35. The van der Waals surface area contributed by atoms with Gasteiger partial charge in [0.05, 0.1) is 17.9 Å². The van der Waals surface area contributed by atoms with Crippen molar-refractivity contribution >= 4 is 46.6 Å². The van der Waals surface area contributed by atoms with Crippen molar-refractivity contribution in [1.29, 1.82) is 0 Å². The highest BCUT2D eigenvalue weighted by atomic mass is 35.5. The van der Waals surface area contributed by atoms with Crippen molar-refractivity contribution in [1.82, 2.24) is 15.1 Å². The summed E-state index contributed by atoms with van der Waals surface area (Å²) in [4.78, 5) is 46.3. The fraction of sp³-hybridized carbons (Fsp3) is 0.656. The topological polar surface area (TPSA) is 91.0 Å². The predicted molar refractivity (Wildman–Crippen MR) is 165 cm³/mol. The first-order chi connectivity index (χ1) is 20.1. The van der Waals surface area contributed by atoms with Crippen LogP contribution in [-0.4, -0.2) is 77.5 Å². The minimum absolute atomic E-state index is 0.0413. The summed E-state index contributed by atoms with van der Waals surface area (Å²) in [5, 5.41) is 7.02. The van der Waals surface area contributed by atoms with Gasteiger partial charge in [0, 0.05) is 34.9 Å². The Labute approximate surface area is 259 Å². The maximum atomic E-state index is 14.3. The van der Waals surface area contributed by atoms with Crippen LogP contribution in [0.3, 0.4) is 0 Å². The Kier molecular flexibility index (Phi) is 9.57. The smallest absolute Gasteiger partial charge is 0.246 e. The van der Waals surface area contributed by atoms with E-state index in [9.17, 15) is 14.4 Å². The van der Waals surface area contributed by atoms with Crippen molar-refractivity contribution < 1.29 is 19.1 Å². The number of nitrogens with zero attached hydrogens (tertiary/aromatic N) is 2. The molecule has 2 saturated heterocycles. The van der Waals surface area contributed by atoms with Gasteiger partial charge in [0.1, 0.15) is 11.6 Å². The van der Waals surface area contributed by atoms with Crippen molar-refractivity contribution in [3.8, 4) is 0 Å². The number of benzene rings is 1. The van der Waals surface area contributed by atoms with E-state index in [0.717, 1.165) is 45.2 Å². The summed E-state index contributed by atoms with van der Waals surface area (Å²) in [6.45, 7) is 11.6. The SMILES string of the molecule is CCCN(CCC)CCN1C(=O)C2C(C(=O)Nc3cc(Cl)cc(Cl)c3)C3C=CC2(O3)C1C(=O)NC1CCCC(C)C1C. The Morgan fingerprint density at radius 3 is 2.40 bits per heavy atom. The van der Waals surface area contributed by atoms with Gasteiger partial charge in [-0.3, -0.25) is 14.4 Å². The number of carbonyl (C=O) groups excluding carboxylic acids is 3. The van der Waals surface area contributed by atoms with Gasteiger partial charge in [-0.2, -0.15) is 0 Å². The minimum atomic E-state index is -1.19. The number of halogens is 2. The molecule has 10 heteroatoms. The van der Waals surface area contributed by atoms with Crippen LogP contribution in [0.25, 0.3) is 0 Å². The van der Waals surface area contributed by atoms with Crippen molar-refractivity contribution in [2.45, 2.75) is 83.6 Å². The molecule has 3 fully saturated rings. The summed E-state index contributed by atoms with van der Waals surface area (Å²) in [6.07, 6.45) is 8.26. The van der Waals surface area contributed by atoms with E-state index in [1.807, 2.05) is 12.2 Å². The Morgan fingerprint density at radius 1 is 1.05 bits per heavy atom. The number of anilines is 1. The molecule has 1 spiro atoms. The van der Waals surface area contributed by atoms with Crippen LogP contribution >= 0.6 is 23.2 Å². The van der Waals surface area contributed by atoms with Crippen molar-refractivity contribution in [2.75, 3.05) is 31.5 Å². The Bertz CT molecular complexity index is 1200. The standard InChI is InChI=1S/C32H44Cl2N4O4/c1-5-12-37(13-6-2)14-15-38-28(30(40)36-24-9-7-8-19(3)20(24)4)32-11-10-25(42-32)26(27(32)31(38)41)29(39)35-23-17-21(33)16-22(34)18-23/h10-11,16-20,24-28H,5-9,12-15H2,1-4H3,(H,35,39)(H,36,40). The van der Waals surface area contributed by atoms with Crippen LogP contribution in [0.1, 0.15) is 59.8 Å². The normalized spacial score (nSPS) is 33.4. The number of fused-ring (bicyclic) bond motifs is 1. The van der Waals surface area contributed by atoms with Crippen LogP contribution in [-0.2, 0) is 19.1 Å². The summed E-state index contributed by atoms with van der Waals surface area (Å²) in [6, 6.07) is 4.02. The lowest BCUT2D eigenvalue weighted by atomic mass is 9.73. The molecule has 1 aromatic carbocycles. The second-order valence-corrected chi connectivity index (χ2v) is 13.5. The minimum Gasteiger partial charge on any atom is -0.359 e. The summed E-state index contributed by atoms with van der Waals surface area (Å²) in [5.74, 6) is -1.48. The predicted octanol–water partition coefficient (Wildman–Crippen LogP) is 5.15. The third-order valence-electron chi connectivity index (χ3n) is 9.83. The number of rotatable bonds is 11. The molecule has 8 nitrogen and oxygen atoms in total. The van der Waals surface area contributed by atoms with Crippen LogP contribution in [0.4, 0.5) is 5.69 Å². The molecule has 8 atom stereocenters. The molecule has 230 valence electrons. The fourth-order valence-corrected chi connectivity index (χ4v) is 8.15. The lowest BCUT2D eigenvalue weighted by molar-refractivity contribution is -0.141. The summed E-state index contributed by atoms with van der Waals surface area (Å²) < 4.78 is 6.52. The Hall–Kier alpha value is -2.13. The first-order valence-electron chi connectivity index (χ1n) is 15.6. The lowest BCUT2D eigenvalue weighted by Crippen LogP contribution is -2.58. The van der Waals surface area contributed by atoms with Gasteiger partial charge in [-0.1, -0.05) is 75.9 Å². The zero-order valence-corrected chi connectivity index (χ0v) is 26.6. The van der Waals surface area contributed by atoms with E-state index in [-0.39, 0.29) is 23.8 Å². The van der Waals surface area contributed by atoms with E-state index >= 15 is 0 Å². The maximum Gasteiger partial charge on any atom is 0.246 e. The van der Waals surface area contributed by atoms with E-state index in [1.165, 1.54) is 0 Å². The largest absolute Gasteiger partial charge is 0.359 e. The maximum absolute atomic E-state index is 14.3. The quantitative estimate of drug-likeness (QED) is 0.335. The molecule has 0 radical (unpaired) electrons. The molecule has 3 aliphatic heterocycles. The molecule has 3 heterocycles. The van der Waals surface area contributed by atoms with Crippen molar-refractivity contribution in [3.05, 3.63) is 40.4 Å². The third kappa shape index (κ3) is 5.84. The van der Waals surface area contributed by atoms with Gasteiger partial charge in [-0.15, -0.1) is 0 Å². The average Bonchev–Trinajstić information content (AvgIpc) is 3.57. The van der Waals surface area contributed by atoms with E-state index in [4.69, 9.17) is 27.9 Å². The van der Waals surface area contributed by atoms with Gasteiger partial charge in [-0.05, 0) is 62.4 Å². The summed E-state index contributed by atoms with van der Waals surface area (Å²) in [7, 11) is 0. The molecule has 2 bridgehead atoms. The van der Waals surface area contributed by atoms with Crippen molar-refractivity contribution in [3.63, 3.8) is 0 Å². The molecule has 2 N–H and O–H groups in total. The number of amides is 3. The van der Waals surface area contributed by atoms with Gasteiger partial charge in [0.25, 0.3) is 0 Å². The lowest BCUT2D eigenvalue weighted by Gasteiger charge is -2.38. The zero-order valence-electron chi connectivity index (χ0n) is 25.1. The van der Waals surface area contributed by atoms with Crippen LogP contribution in [0, 0.1) is 23.7 Å². The molecule has 0 aromatic heterocycles. The highest BCUT2D eigenvalue weighted by Crippen LogP contribution is 2.55. The van der Waals surface area contributed by atoms with Gasteiger partial charge in [0.2, 0.25) is 17.7 Å². The number of hydrogen-bond acceptors (Lipinski definition) is 5. The summed E-state index contributed by atoms with van der Waals surface area (Å²) in [5.41, 5.74) is -0.742. The van der Waals surface area contributed by atoms with Crippen molar-refractivity contribution in [2.24, 2.45) is 23.7 Å². The number of carbonyl (C=O) groups is 3.